The fourth-order valence-corrected chi connectivity index (χ4v) is 2.76. The number of hydrogen-bond acceptors (Lipinski definition) is 3. The number of carboxylic acids is 1. The average Bonchev–Trinajstić information content (AvgIpc) is 2.93. The third-order valence-corrected chi connectivity index (χ3v) is 4.67. The van der Waals surface area contributed by atoms with Crippen LogP contribution in [0.4, 0.5) is 0 Å². The normalized spacial score (nSPS) is 18.7. The molecule has 5 nitrogen and oxygen atoms in total. The number of hydrogen-bond donors (Lipinski definition) is 2. The van der Waals surface area contributed by atoms with E-state index in [4.69, 9.17) is 5.11 Å². The summed E-state index contributed by atoms with van der Waals surface area (Å²) in [5.74, 6) is -0.971. The van der Waals surface area contributed by atoms with Crippen LogP contribution in [0.5, 0.6) is 0 Å². The smallest absolute Gasteiger partial charge is 0.304 e. The molecule has 2 N–H and O–H groups in total. The SMILES string of the molecule is CC(C)C1(CNS(=O)(=O)CCC(=O)O)CC1. The molecule has 6 heteroatoms. The van der Waals surface area contributed by atoms with Crippen molar-refractivity contribution in [3.63, 3.8) is 0 Å². The van der Waals surface area contributed by atoms with E-state index >= 15 is 0 Å². The molecule has 1 fully saturated rings. The monoisotopic (exact) mass is 249 g/mol. The topological polar surface area (TPSA) is 83.5 Å². The predicted molar refractivity (Wildman–Crippen MR) is 60.5 cm³/mol. The van der Waals surface area contributed by atoms with Crippen LogP contribution in [-0.2, 0) is 14.8 Å². The molecule has 0 radical (unpaired) electrons. The summed E-state index contributed by atoms with van der Waals surface area (Å²) in [6.07, 6.45) is 1.75. The van der Waals surface area contributed by atoms with Gasteiger partial charge in [0.25, 0.3) is 0 Å². The van der Waals surface area contributed by atoms with Crippen molar-refractivity contribution in [3.05, 3.63) is 0 Å². The molecule has 0 amide bonds. The summed E-state index contributed by atoms with van der Waals surface area (Å²) in [6, 6.07) is 0. The lowest BCUT2D eigenvalue weighted by molar-refractivity contribution is -0.136. The molecule has 94 valence electrons. The largest absolute Gasteiger partial charge is 0.481 e. The number of nitrogens with one attached hydrogen (secondary N) is 1. The predicted octanol–water partition coefficient (Wildman–Crippen LogP) is 0.817. The molecule has 0 aromatic carbocycles. The summed E-state index contributed by atoms with van der Waals surface area (Å²) < 4.78 is 25.4. The van der Waals surface area contributed by atoms with Crippen LogP contribution in [0.3, 0.4) is 0 Å². The Morgan fingerprint density at radius 2 is 2.00 bits per heavy atom. The second-order valence-corrected chi connectivity index (χ2v) is 6.73. The molecule has 1 aliphatic rings. The van der Waals surface area contributed by atoms with Crippen LogP contribution in [0.15, 0.2) is 0 Å². The Bertz CT molecular complexity index is 357. The van der Waals surface area contributed by atoms with E-state index in [2.05, 4.69) is 18.6 Å². The third-order valence-electron chi connectivity index (χ3n) is 3.35. The van der Waals surface area contributed by atoms with Crippen LogP contribution in [0.1, 0.15) is 33.1 Å². The quantitative estimate of drug-likeness (QED) is 0.699. The van der Waals surface area contributed by atoms with E-state index in [-0.39, 0.29) is 17.6 Å². The lowest BCUT2D eigenvalue weighted by atomic mass is 9.93. The number of rotatable bonds is 7. The average molecular weight is 249 g/mol. The first-order valence-corrected chi connectivity index (χ1v) is 7.12. The molecule has 1 aliphatic carbocycles. The van der Waals surface area contributed by atoms with Crippen molar-refractivity contribution < 1.29 is 18.3 Å². The first-order chi connectivity index (χ1) is 7.27. The molecule has 0 saturated heterocycles. The maximum Gasteiger partial charge on any atom is 0.304 e. The molecule has 0 heterocycles. The van der Waals surface area contributed by atoms with Gasteiger partial charge in [-0.3, -0.25) is 4.79 Å². The zero-order valence-electron chi connectivity index (χ0n) is 9.69. The van der Waals surface area contributed by atoms with Crippen LogP contribution in [0.2, 0.25) is 0 Å². The van der Waals surface area contributed by atoms with E-state index in [0.29, 0.717) is 12.5 Å². The first-order valence-electron chi connectivity index (χ1n) is 5.47. The summed E-state index contributed by atoms with van der Waals surface area (Å²) in [5, 5.41) is 8.41. The number of carbonyl (C=O) groups is 1. The molecule has 1 saturated carbocycles. The summed E-state index contributed by atoms with van der Waals surface area (Å²) in [5.41, 5.74) is 0.107. The van der Waals surface area contributed by atoms with E-state index in [0.717, 1.165) is 12.8 Å². The van der Waals surface area contributed by atoms with Gasteiger partial charge in [0.15, 0.2) is 0 Å². The minimum atomic E-state index is -3.43. The minimum absolute atomic E-state index is 0.107. The highest BCUT2D eigenvalue weighted by atomic mass is 32.2. The highest BCUT2D eigenvalue weighted by molar-refractivity contribution is 7.89. The Morgan fingerprint density at radius 1 is 1.44 bits per heavy atom. The molecule has 0 bridgehead atoms. The van der Waals surface area contributed by atoms with Gasteiger partial charge in [-0.05, 0) is 24.2 Å². The van der Waals surface area contributed by atoms with Crippen molar-refractivity contribution in [2.75, 3.05) is 12.3 Å². The van der Waals surface area contributed by atoms with E-state index in [1.54, 1.807) is 0 Å². The second-order valence-electron chi connectivity index (χ2n) is 4.80. The van der Waals surface area contributed by atoms with Crippen LogP contribution < -0.4 is 4.72 Å². The molecule has 16 heavy (non-hydrogen) atoms. The lowest BCUT2D eigenvalue weighted by Crippen LogP contribution is -2.34. The molecule has 0 atom stereocenters. The van der Waals surface area contributed by atoms with Crippen molar-refractivity contribution >= 4 is 16.0 Å². The molecule has 0 spiro atoms. The van der Waals surface area contributed by atoms with Crippen molar-refractivity contribution in [2.45, 2.75) is 33.1 Å². The van der Waals surface area contributed by atoms with Crippen LogP contribution in [0.25, 0.3) is 0 Å². The summed E-state index contributed by atoms with van der Waals surface area (Å²) >= 11 is 0. The van der Waals surface area contributed by atoms with Gasteiger partial charge >= 0.3 is 5.97 Å². The second kappa shape index (κ2) is 4.71. The van der Waals surface area contributed by atoms with Gasteiger partial charge < -0.3 is 5.11 Å². The summed E-state index contributed by atoms with van der Waals surface area (Å²) in [7, 11) is -3.43. The van der Waals surface area contributed by atoms with Crippen LogP contribution in [0, 0.1) is 11.3 Å². The number of carboxylic acid groups (broad SMARTS) is 1. The van der Waals surface area contributed by atoms with Crippen LogP contribution >= 0.6 is 0 Å². The molecule has 0 aromatic heterocycles. The van der Waals surface area contributed by atoms with E-state index < -0.39 is 16.0 Å². The zero-order chi connectivity index (χ0) is 12.4. The van der Waals surface area contributed by atoms with E-state index in [1.165, 1.54) is 0 Å². The Morgan fingerprint density at radius 3 is 2.38 bits per heavy atom. The minimum Gasteiger partial charge on any atom is -0.481 e. The van der Waals surface area contributed by atoms with E-state index in [9.17, 15) is 13.2 Å². The number of sulfonamides is 1. The van der Waals surface area contributed by atoms with Gasteiger partial charge in [0.05, 0.1) is 12.2 Å². The maximum atomic E-state index is 11.5. The summed E-state index contributed by atoms with van der Waals surface area (Å²) in [4.78, 5) is 10.3. The van der Waals surface area contributed by atoms with Gasteiger partial charge in [0.1, 0.15) is 0 Å². The Kier molecular flexibility index (Phi) is 3.96. The van der Waals surface area contributed by atoms with Gasteiger partial charge in [0, 0.05) is 6.54 Å². The van der Waals surface area contributed by atoms with Gasteiger partial charge in [-0.25, -0.2) is 13.1 Å². The fourth-order valence-electron chi connectivity index (χ4n) is 1.67. The maximum absolute atomic E-state index is 11.5. The van der Waals surface area contributed by atoms with Gasteiger partial charge in [-0.1, -0.05) is 13.8 Å². The molecule has 0 unspecified atom stereocenters. The van der Waals surface area contributed by atoms with Crippen molar-refractivity contribution in [1.29, 1.82) is 0 Å². The molecular weight excluding hydrogens is 230 g/mol. The third kappa shape index (κ3) is 3.75. The Balaban J connectivity index is 2.40. The highest BCUT2D eigenvalue weighted by Crippen LogP contribution is 2.51. The van der Waals surface area contributed by atoms with E-state index in [1.807, 2.05) is 0 Å². The Labute approximate surface area is 96.3 Å². The van der Waals surface area contributed by atoms with Crippen molar-refractivity contribution in [2.24, 2.45) is 11.3 Å². The highest BCUT2D eigenvalue weighted by Gasteiger charge is 2.45. The molecule has 0 aliphatic heterocycles. The lowest BCUT2D eigenvalue weighted by Gasteiger charge is -2.19. The molecule has 0 aromatic rings. The standard InChI is InChI=1S/C10H19NO4S/c1-8(2)10(4-5-10)7-11-16(14,15)6-3-9(12)13/h8,11H,3-7H2,1-2H3,(H,12,13). The zero-order valence-corrected chi connectivity index (χ0v) is 10.5. The van der Waals surface area contributed by atoms with Gasteiger partial charge in [-0.2, -0.15) is 0 Å². The van der Waals surface area contributed by atoms with Gasteiger partial charge in [0.2, 0.25) is 10.0 Å². The fraction of sp³-hybridized carbons (Fsp3) is 0.900. The summed E-state index contributed by atoms with van der Waals surface area (Å²) in [6.45, 7) is 4.60. The van der Waals surface area contributed by atoms with Crippen molar-refractivity contribution in [1.82, 2.24) is 4.72 Å². The molecule has 1 rings (SSSR count). The number of aliphatic carboxylic acids is 1. The van der Waals surface area contributed by atoms with Crippen LogP contribution in [-0.4, -0.2) is 31.8 Å². The van der Waals surface area contributed by atoms with Crippen molar-refractivity contribution in [3.8, 4) is 0 Å². The first kappa shape index (κ1) is 13.4. The van der Waals surface area contributed by atoms with Gasteiger partial charge in [-0.15, -0.1) is 0 Å². The molecular formula is C10H19NO4S. The Hall–Kier alpha value is -0.620.